The highest BCUT2D eigenvalue weighted by Gasteiger charge is 2.33. The van der Waals surface area contributed by atoms with Crippen molar-refractivity contribution in [3.8, 4) is 12.3 Å². The normalized spacial score (nSPS) is 11.1. The van der Waals surface area contributed by atoms with Crippen LogP contribution in [0.1, 0.15) is 23.7 Å². The minimum absolute atomic E-state index is 0.105. The fraction of sp³-hybridized carbons (Fsp3) is 0.500. The summed E-state index contributed by atoms with van der Waals surface area (Å²) in [6, 6.07) is 0. The molecule has 1 heterocycles. The first kappa shape index (κ1) is 15.1. The Morgan fingerprint density at radius 2 is 2.26 bits per heavy atom. The molecule has 1 aromatic rings. The highest BCUT2D eigenvalue weighted by Crippen LogP contribution is 2.17. The lowest BCUT2D eigenvalue weighted by atomic mass is 10.3. The molecule has 0 saturated carbocycles. The topological polar surface area (TPSA) is 38.1 Å². The van der Waals surface area contributed by atoms with Gasteiger partial charge in [0.25, 0.3) is 5.91 Å². The summed E-state index contributed by atoms with van der Waals surface area (Å²) in [7, 11) is 0. The molecule has 0 atom stereocenters. The van der Waals surface area contributed by atoms with Gasteiger partial charge in [0.2, 0.25) is 0 Å². The van der Waals surface area contributed by atoms with Crippen LogP contribution in [-0.4, -0.2) is 39.9 Å². The number of aromatic nitrogens is 2. The number of aryl methyl sites for hydroxylation is 1. The molecule has 0 bridgehead atoms. The number of carbonyl (C=O) groups excluding carboxylic acids is 1. The van der Waals surface area contributed by atoms with Gasteiger partial charge in [0.05, 0.1) is 18.3 Å². The van der Waals surface area contributed by atoms with E-state index in [1.54, 1.807) is 0 Å². The van der Waals surface area contributed by atoms with E-state index in [0.717, 1.165) is 6.42 Å². The smallest absolute Gasteiger partial charge is 0.318 e. The molecule has 0 aliphatic carbocycles. The number of carbonyl (C=O) groups is 1. The van der Waals surface area contributed by atoms with Crippen molar-refractivity contribution in [2.75, 3.05) is 13.1 Å². The zero-order valence-electron chi connectivity index (χ0n) is 10.4. The fourth-order valence-electron chi connectivity index (χ4n) is 1.53. The van der Waals surface area contributed by atoms with Gasteiger partial charge < -0.3 is 4.90 Å². The largest absolute Gasteiger partial charge is 0.406 e. The predicted octanol–water partition coefficient (Wildman–Crippen LogP) is 1.93. The Labute approximate surface area is 109 Å². The zero-order valence-corrected chi connectivity index (χ0v) is 10.4. The average molecular weight is 273 g/mol. The van der Waals surface area contributed by atoms with Gasteiger partial charge in [-0.15, -0.1) is 6.42 Å². The lowest BCUT2D eigenvalue weighted by Gasteiger charge is -2.20. The number of amides is 1. The first-order valence-electron chi connectivity index (χ1n) is 5.69. The van der Waals surface area contributed by atoms with E-state index < -0.39 is 25.2 Å². The number of terminal acetylenes is 1. The second kappa shape index (κ2) is 6.27. The first-order chi connectivity index (χ1) is 8.87. The van der Waals surface area contributed by atoms with Crippen molar-refractivity contribution in [2.24, 2.45) is 0 Å². The third kappa shape index (κ3) is 4.66. The second-order valence-corrected chi connectivity index (χ2v) is 3.97. The molecule has 0 spiro atoms. The summed E-state index contributed by atoms with van der Waals surface area (Å²) < 4.78 is 38.6. The van der Waals surface area contributed by atoms with Crippen LogP contribution in [0.15, 0.2) is 12.4 Å². The molecule has 1 aromatic heterocycles. The van der Waals surface area contributed by atoms with Gasteiger partial charge >= 0.3 is 6.18 Å². The van der Waals surface area contributed by atoms with Crippen molar-refractivity contribution < 1.29 is 18.0 Å². The number of halogens is 3. The third-order valence-electron chi connectivity index (χ3n) is 2.27. The van der Waals surface area contributed by atoms with E-state index in [4.69, 9.17) is 6.42 Å². The van der Waals surface area contributed by atoms with Crippen LogP contribution >= 0.6 is 0 Å². The summed E-state index contributed by atoms with van der Waals surface area (Å²) in [4.78, 5) is 12.5. The molecule has 104 valence electrons. The number of alkyl halides is 3. The molecular formula is C12H14F3N3O. The SMILES string of the molecule is C#CCN(CC(F)(F)F)C(=O)c1cnn(CCC)c1. The van der Waals surface area contributed by atoms with Crippen molar-refractivity contribution in [3.63, 3.8) is 0 Å². The molecule has 0 fully saturated rings. The molecule has 0 saturated heterocycles. The number of hydrogen-bond donors (Lipinski definition) is 0. The minimum atomic E-state index is -4.48. The van der Waals surface area contributed by atoms with Gasteiger partial charge in [0.15, 0.2) is 0 Å². The Morgan fingerprint density at radius 3 is 2.79 bits per heavy atom. The van der Waals surface area contributed by atoms with Gasteiger partial charge in [0.1, 0.15) is 6.54 Å². The van der Waals surface area contributed by atoms with Crippen LogP contribution in [0.2, 0.25) is 0 Å². The van der Waals surface area contributed by atoms with Crippen molar-refractivity contribution in [2.45, 2.75) is 26.1 Å². The number of rotatable bonds is 5. The summed E-state index contributed by atoms with van der Waals surface area (Å²) in [5.74, 6) is 1.28. The summed E-state index contributed by atoms with van der Waals surface area (Å²) in [6.07, 6.45) is 3.99. The minimum Gasteiger partial charge on any atom is -0.318 e. The Kier molecular flexibility index (Phi) is 4.98. The second-order valence-electron chi connectivity index (χ2n) is 3.97. The summed E-state index contributed by atoms with van der Waals surface area (Å²) in [6.45, 7) is 0.769. The monoisotopic (exact) mass is 273 g/mol. The molecule has 19 heavy (non-hydrogen) atoms. The van der Waals surface area contributed by atoms with Gasteiger partial charge in [0, 0.05) is 12.7 Å². The maximum atomic E-state index is 12.3. The van der Waals surface area contributed by atoms with Crippen LogP contribution in [0.4, 0.5) is 13.2 Å². The predicted molar refractivity (Wildman–Crippen MR) is 63.3 cm³/mol. The van der Waals surface area contributed by atoms with Crippen LogP contribution < -0.4 is 0 Å². The van der Waals surface area contributed by atoms with Crippen LogP contribution in [0, 0.1) is 12.3 Å². The van der Waals surface area contributed by atoms with Crippen LogP contribution in [0.25, 0.3) is 0 Å². The van der Waals surface area contributed by atoms with Crippen LogP contribution in [0.5, 0.6) is 0 Å². The van der Waals surface area contributed by atoms with Crippen LogP contribution in [-0.2, 0) is 6.54 Å². The van der Waals surface area contributed by atoms with Crippen molar-refractivity contribution in [1.82, 2.24) is 14.7 Å². The average Bonchev–Trinajstić information content (AvgIpc) is 2.75. The Hall–Kier alpha value is -1.97. The quantitative estimate of drug-likeness (QED) is 0.769. The maximum absolute atomic E-state index is 12.3. The molecule has 0 aromatic carbocycles. The third-order valence-corrected chi connectivity index (χ3v) is 2.27. The fourth-order valence-corrected chi connectivity index (χ4v) is 1.53. The molecular weight excluding hydrogens is 259 g/mol. The van der Waals surface area contributed by atoms with Crippen LogP contribution in [0.3, 0.4) is 0 Å². The molecule has 0 aliphatic rings. The van der Waals surface area contributed by atoms with E-state index in [0.29, 0.717) is 11.4 Å². The standard InChI is InChI=1S/C12H14F3N3O/c1-3-5-17(9-12(13,14)15)11(19)10-7-16-18(8-10)6-4-2/h1,7-8H,4-6,9H2,2H3. The van der Waals surface area contributed by atoms with Crippen molar-refractivity contribution in [3.05, 3.63) is 18.0 Å². The number of hydrogen-bond acceptors (Lipinski definition) is 2. The molecule has 1 amide bonds. The highest BCUT2D eigenvalue weighted by atomic mass is 19.4. The van der Waals surface area contributed by atoms with Crippen molar-refractivity contribution >= 4 is 5.91 Å². The first-order valence-corrected chi connectivity index (χ1v) is 5.69. The maximum Gasteiger partial charge on any atom is 0.406 e. The van der Waals surface area contributed by atoms with E-state index in [2.05, 4.69) is 11.0 Å². The Morgan fingerprint density at radius 1 is 1.58 bits per heavy atom. The van der Waals surface area contributed by atoms with E-state index in [1.807, 2.05) is 6.92 Å². The van der Waals surface area contributed by atoms with Gasteiger partial charge in [-0.2, -0.15) is 18.3 Å². The van der Waals surface area contributed by atoms with Gasteiger partial charge in [-0.1, -0.05) is 12.8 Å². The summed E-state index contributed by atoms with van der Waals surface area (Å²) >= 11 is 0. The number of nitrogens with zero attached hydrogens (tertiary/aromatic N) is 3. The summed E-state index contributed by atoms with van der Waals surface area (Å²) in [5, 5.41) is 3.90. The van der Waals surface area contributed by atoms with Gasteiger partial charge in [-0.05, 0) is 6.42 Å². The van der Waals surface area contributed by atoms with E-state index in [-0.39, 0.29) is 5.56 Å². The van der Waals surface area contributed by atoms with Gasteiger partial charge in [-0.3, -0.25) is 9.48 Å². The molecule has 1 rings (SSSR count). The van der Waals surface area contributed by atoms with E-state index in [1.165, 1.54) is 17.1 Å². The van der Waals surface area contributed by atoms with E-state index in [9.17, 15) is 18.0 Å². The van der Waals surface area contributed by atoms with Gasteiger partial charge in [-0.25, -0.2) is 0 Å². The lowest BCUT2D eigenvalue weighted by molar-refractivity contribution is -0.139. The lowest BCUT2D eigenvalue weighted by Crippen LogP contribution is -2.39. The molecule has 4 nitrogen and oxygen atoms in total. The zero-order chi connectivity index (χ0) is 14.5. The Bertz CT molecular complexity index is 473. The molecule has 0 radical (unpaired) electrons. The van der Waals surface area contributed by atoms with Crippen molar-refractivity contribution in [1.29, 1.82) is 0 Å². The molecule has 7 heteroatoms. The van der Waals surface area contributed by atoms with E-state index >= 15 is 0 Å². The molecule has 0 unspecified atom stereocenters. The summed E-state index contributed by atoms with van der Waals surface area (Å²) in [5.41, 5.74) is 0.105. The highest BCUT2D eigenvalue weighted by molar-refractivity contribution is 5.93. The Balaban J connectivity index is 2.83. The molecule has 0 N–H and O–H groups in total. The molecule has 0 aliphatic heterocycles.